The third-order valence-corrected chi connectivity index (χ3v) is 1.90. The van der Waals surface area contributed by atoms with Crippen LogP contribution in [0.2, 0.25) is 0 Å². The van der Waals surface area contributed by atoms with Crippen LogP contribution < -0.4 is 10.6 Å². The van der Waals surface area contributed by atoms with Crippen molar-refractivity contribution >= 4 is 15.2 Å². The van der Waals surface area contributed by atoms with E-state index < -0.39 is 0 Å². The normalized spacial score (nSPS) is 16.4. The first-order valence-corrected chi connectivity index (χ1v) is 3.86. The second-order valence-electron chi connectivity index (χ2n) is 2.00. The van der Waals surface area contributed by atoms with Gasteiger partial charge in [0.05, 0.1) is 11.6 Å². The average Bonchev–Trinajstić information content (AvgIpc) is 2.05. The highest BCUT2D eigenvalue weighted by Crippen LogP contribution is 2.12. The highest BCUT2D eigenvalue weighted by Gasteiger charge is 1.90. The third-order valence-electron chi connectivity index (χ3n) is 1.34. The van der Waals surface area contributed by atoms with E-state index in [-0.39, 0.29) is 8.96 Å². The van der Waals surface area contributed by atoms with Crippen molar-refractivity contribution in [3.63, 3.8) is 0 Å². The van der Waals surface area contributed by atoms with Gasteiger partial charge in [0, 0.05) is 5.22 Å². The molecule has 3 heteroatoms. The van der Waals surface area contributed by atoms with Crippen LogP contribution >= 0.6 is 8.96 Å². The smallest absolute Gasteiger partial charge is 0.196 e. The summed E-state index contributed by atoms with van der Waals surface area (Å²) in [7, 11) is 0.238. The van der Waals surface area contributed by atoms with Crippen molar-refractivity contribution < 1.29 is 4.52 Å². The third kappa shape index (κ3) is 0.910. The molecule has 0 spiro atoms. The molecule has 10 heavy (non-hydrogen) atoms. The van der Waals surface area contributed by atoms with Gasteiger partial charge in [-0.25, -0.2) is 4.76 Å². The van der Waals surface area contributed by atoms with Crippen molar-refractivity contribution in [2.75, 3.05) is 0 Å². The summed E-state index contributed by atoms with van der Waals surface area (Å²) >= 11 is 0. The number of benzene rings is 1. The zero-order valence-electron chi connectivity index (χ0n) is 5.24. The minimum absolute atomic E-state index is 0.238. The number of para-hydroxylation sites is 1. The van der Waals surface area contributed by atoms with Crippen molar-refractivity contribution in [2.24, 2.45) is 4.76 Å². The summed E-state index contributed by atoms with van der Waals surface area (Å²) in [4.78, 5) is 0. The molecule has 1 atom stereocenters. The standard InChI is InChI=1S/C7H6NOP/c1-2-4-7-6(3-1)5-9-10-8-7/h1-5,10H. The number of nitrogens with zero attached hydrogens (tertiary/aromatic N) is 1. The Morgan fingerprint density at radius 3 is 3.10 bits per heavy atom. The number of hydrogen-bond acceptors (Lipinski definition) is 2. The second-order valence-corrected chi connectivity index (χ2v) is 2.64. The maximum atomic E-state index is 5.03. The Labute approximate surface area is 60.2 Å². The minimum Gasteiger partial charge on any atom is -0.461 e. The van der Waals surface area contributed by atoms with E-state index in [0.29, 0.717) is 0 Å². The van der Waals surface area contributed by atoms with Crippen LogP contribution in [0.15, 0.2) is 29.0 Å². The van der Waals surface area contributed by atoms with Crippen LogP contribution in [0.1, 0.15) is 0 Å². The summed E-state index contributed by atoms with van der Waals surface area (Å²) in [6, 6.07) is 7.93. The molecule has 0 saturated carbocycles. The van der Waals surface area contributed by atoms with Crippen LogP contribution in [-0.4, -0.2) is 0 Å². The molecule has 0 aliphatic carbocycles. The lowest BCUT2D eigenvalue weighted by atomic mass is 10.3. The van der Waals surface area contributed by atoms with E-state index in [4.69, 9.17) is 4.52 Å². The van der Waals surface area contributed by atoms with Crippen molar-refractivity contribution in [1.29, 1.82) is 0 Å². The molecule has 1 aliphatic rings. The number of hydrogen-bond donors (Lipinski definition) is 0. The number of fused-ring (bicyclic) bond motifs is 1. The predicted octanol–water partition coefficient (Wildman–Crippen LogP) is 0.583. The fourth-order valence-electron chi connectivity index (χ4n) is 0.854. The zero-order chi connectivity index (χ0) is 6.81. The quantitative estimate of drug-likeness (QED) is 0.497. The molecular formula is C7H6NOP. The van der Waals surface area contributed by atoms with Crippen LogP contribution in [0.25, 0.3) is 6.26 Å². The monoisotopic (exact) mass is 151 g/mol. The lowest BCUT2D eigenvalue weighted by molar-refractivity contribution is 0.611. The first-order chi connectivity index (χ1) is 4.97. The predicted molar refractivity (Wildman–Crippen MR) is 41.1 cm³/mol. The van der Waals surface area contributed by atoms with E-state index in [1.54, 1.807) is 6.26 Å². The van der Waals surface area contributed by atoms with Crippen LogP contribution in [0.4, 0.5) is 0 Å². The summed E-state index contributed by atoms with van der Waals surface area (Å²) in [5, 5.41) is 2.10. The molecule has 0 N–H and O–H groups in total. The van der Waals surface area contributed by atoms with Crippen molar-refractivity contribution in [3.05, 3.63) is 34.8 Å². The lowest BCUT2D eigenvalue weighted by Gasteiger charge is -1.98. The molecule has 0 fully saturated rings. The van der Waals surface area contributed by atoms with Crippen molar-refractivity contribution in [3.8, 4) is 0 Å². The van der Waals surface area contributed by atoms with E-state index >= 15 is 0 Å². The van der Waals surface area contributed by atoms with Crippen LogP contribution in [0.3, 0.4) is 0 Å². The zero-order valence-corrected chi connectivity index (χ0v) is 6.24. The Morgan fingerprint density at radius 1 is 1.30 bits per heavy atom. The Hall–Kier alpha value is -0.880. The first-order valence-electron chi connectivity index (χ1n) is 3.00. The maximum absolute atomic E-state index is 5.03. The van der Waals surface area contributed by atoms with Crippen LogP contribution in [-0.2, 0) is 4.52 Å². The number of rotatable bonds is 0. The second kappa shape index (κ2) is 2.39. The molecule has 0 bridgehead atoms. The summed E-state index contributed by atoms with van der Waals surface area (Å²) in [6.45, 7) is 0. The van der Waals surface area contributed by atoms with Gasteiger partial charge in [0.1, 0.15) is 0 Å². The molecule has 0 radical (unpaired) electrons. The Bertz CT molecular complexity index is 312. The summed E-state index contributed by atoms with van der Waals surface area (Å²) in [6.07, 6.45) is 1.75. The Kier molecular flexibility index (Phi) is 1.40. The largest absolute Gasteiger partial charge is 0.461 e. The molecule has 50 valence electrons. The first kappa shape index (κ1) is 5.87. The van der Waals surface area contributed by atoms with Gasteiger partial charge in [-0.15, -0.1) is 0 Å². The fraction of sp³-hybridized carbons (Fsp3) is 0. The molecular weight excluding hydrogens is 145 g/mol. The summed E-state index contributed by atoms with van der Waals surface area (Å²) < 4.78 is 9.20. The van der Waals surface area contributed by atoms with Gasteiger partial charge in [-0.3, -0.25) is 0 Å². The molecule has 1 unspecified atom stereocenters. The van der Waals surface area contributed by atoms with E-state index in [2.05, 4.69) is 4.76 Å². The molecule has 2 nitrogen and oxygen atoms in total. The molecule has 1 aliphatic heterocycles. The summed E-state index contributed by atoms with van der Waals surface area (Å²) in [5.74, 6) is 0. The van der Waals surface area contributed by atoms with Gasteiger partial charge in [0.25, 0.3) is 0 Å². The van der Waals surface area contributed by atoms with Crippen LogP contribution in [0.5, 0.6) is 0 Å². The Balaban J connectivity index is 2.84. The van der Waals surface area contributed by atoms with Crippen molar-refractivity contribution in [1.82, 2.24) is 0 Å². The maximum Gasteiger partial charge on any atom is 0.196 e. The topological polar surface area (TPSA) is 21.6 Å². The van der Waals surface area contributed by atoms with Crippen LogP contribution in [0, 0.1) is 0 Å². The van der Waals surface area contributed by atoms with E-state index in [1.165, 1.54) is 0 Å². The van der Waals surface area contributed by atoms with Gasteiger partial charge >= 0.3 is 0 Å². The molecule has 0 saturated heterocycles. The molecule has 1 heterocycles. The molecule has 1 aromatic rings. The SMILES string of the molecule is C1=c2ccccc2=NPO1. The molecule has 2 rings (SSSR count). The van der Waals surface area contributed by atoms with Gasteiger partial charge < -0.3 is 4.52 Å². The Morgan fingerprint density at radius 2 is 2.20 bits per heavy atom. The highest BCUT2D eigenvalue weighted by molar-refractivity contribution is 7.30. The molecule has 0 amide bonds. The minimum atomic E-state index is 0.238. The van der Waals surface area contributed by atoms with E-state index in [0.717, 1.165) is 10.6 Å². The molecule has 0 aromatic heterocycles. The van der Waals surface area contributed by atoms with Gasteiger partial charge in [0.2, 0.25) is 0 Å². The van der Waals surface area contributed by atoms with Gasteiger partial charge in [-0.2, -0.15) is 0 Å². The average molecular weight is 151 g/mol. The fourth-order valence-corrected chi connectivity index (χ4v) is 1.39. The van der Waals surface area contributed by atoms with Gasteiger partial charge in [-0.1, -0.05) is 12.1 Å². The van der Waals surface area contributed by atoms with Gasteiger partial charge in [0.15, 0.2) is 8.96 Å². The summed E-state index contributed by atoms with van der Waals surface area (Å²) in [5.41, 5.74) is 0. The highest BCUT2D eigenvalue weighted by atomic mass is 31.1. The van der Waals surface area contributed by atoms with Gasteiger partial charge in [-0.05, 0) is 12.1 Å². The van der Waals surface area contributed by atoms with E-state index in [9.17, 15) is 0 Å². The van der Waals surface area contributed by atoms with E-state index in [1.807, 2.05) is 24.3 Å². The van der Waals surface area contributed by atoms with Crippen molar-refractivity contribution in [2.45, 2.75) is 0 Å². The lowest BCUT2D eigenvalue weighted by Crippen LogP contribution is -2.24. The molecule has 1 aromatic carbocycles.